The maximum absolute atomic E-state index is 10.3. The Morgan fingerprint density at radius 3 is 2.83 bits per heavy atom. The highest BCUT2D eigenvalue weighted by molar-refractivity contribution is 5.45. The fraction of sp³-hybridized carbons (Fsp3) is 0.571. The lowest BCUT2D eigenvalue weighted by atomic mass is 10.1. The van der Waals surface area contributed by atoms with Gasteiger partial charge in [0.25, 0.3) is 0 Å². The van der Waals surface area contributed by atoms with E-state index in [4.69, 9.17) is 9.47 Å². The molecule has 0 radical (unpaired) electrons. The lowest BCUT2D eigenvalue weighted by molar-refractivity contribution is 0.111. The van der Waals surface area contributed by atoms with Gasteiger partial charge in [0.15, 0.2) is 11.5 Å². The Hall–Kier alpha value is -1.26. The second kappa shape index (κ2) is 4.78. The predicted molar refractivity (Wildman–Crippen MR) is 67.8 cm³/mol. The molecule has 1 saturated carbocycles. The van der Waals surface area contributed by atoms with Crippen molar-refractivity contribution in [3.05, 3.63) is 23.8 Å². The fourth-order valence-corrected chi connectivity index (χ4v) is 2.42. The molecule has 1 fully saturated rings. The van der Waals surface area contributed by atoms with E-state index in [9.17, 15) is 5.11 Å². The Labute approximate surface area is 107 Å². The van der Waals surface area contributed by atoms with Gasteiger partial charge < -0.3 is 14.6 Å². The highest BCUT2D eigenvalue weighted by Crippen LogP contribution is 2.35. The maximum Gasteiger partial charge on any atom is 0.231 e. The van der Waals surface area contributed by atoms with Crippen molar-refractivity contribution in [2.45, 2.75) is 31.9 Å². The van der Waals surface area contributed by atoms with E-state index in [-0.39, 0.29) is 6.79 Å². The standard InChI is InChI=1S/C14H19NO3/c1-2-15(11-4-5-11)8-12(16)10-3-6-13-14(7-10)18-9-17-13/h3,6-7,11-12,16H,2,4-5,8-9H2,1H3. The predicted octanol–water partition coefficient (Wildman–Crippen LogP) is 1.93. The molecule has 0 bridgehead atoms. The monoisotopic (exact) mass is 249 g/mol. The van der Waals surface area contributed by atoms with Gasteiger partial charge in [-0.15, -0.1) is 0 Å². The van der Waals surface area contributed by atoms with Gasteiger partial charge in [-0.25, -0.2) is 0 Å². The number of ether oxygens (including phenoxy) is 2. The molecule has 0 spiro atoms. The second-order valence-corrected chi connectivity index (χ2v) is 4.95. The molecular formula is C14H19NO3. The van der Waals surface area contributed by atoms with E-state index in [2.05, 4.69) is 11.8 Å². The Kier molecular flexibility index (Phi) is 3.14. The van der Waals surface area contributed by atoms with Crippen LogP contribution in [-0.2, 0) is 0 Å². The molecular weight excluding hydrogens is 230 g/mol. The first-order valence-corrected chi connectivity index (χ1v) is 6.59. The number of rotatable bonds is 5. The van der Waals surface area contributed by atoms with Crippen LogP contribution in [0.2, 0.25) is 0 Å². The van der Waals surface area contributed by atoms with Crippen molar-refractivity contribution in [1.29, 1.82) is 0 Å². The van der Waals surface area contributed by atoms with Gasteiger partial charge >= 0.3 is 0 Å². The molecule has 1 aromatic rings. The molecule has 4 nitrogen and oxygen atoms in total. The average molecular weight is 249 g/mol. The third kappa shape index (κ3) is 2.31. The molecule has 1 atom stereocenters. The van der Waals surface area contributed by atoms with E-state index >= 15 is 0 Å². The number of likely N-dealkylation sites (N-methyl/N-ethyl adjacent to an activating group) is 1. The van der Waals surface area contributed by atoms with E-state index in [0.717, 1.165) is 23.6 Å². The highest BCUT2D eigenvalue weighted by atomic mass is 16.7. The summed E-state index contributed by atoms with van der Waals surface area (Å²) in [5, 5.41) is 10.3. The quantitative estimate of drug-likeness (QED) is 0.866. The van der Waals surface area contributed by atoms with Crippen LogP contribution in [0, 0.1) is 0 Å². The van der Waals surface area contributed by atoms with E-state index < -0.39 is 6.10 Å². The molecule has 3 rings (SSSR count). The number of hydrogen-bond acceptors (Lipinski definition) is 4. The van der Waals surface area contributed by atoms with Gasteiger partial charge in [0.05, 0.1) is 6.10 Å². The van der Waals surface area contributed by atoms with E-state index in [1.807, 2.05) is 18.2 Å². The van der Waals surface area contributed by atoms with E-state index in [1.54, 1.807) is 0 Å². The molecule has 0 amide bonds. The molecule has 1 aliphatic heterocycles. The van der Waals surface area contributed by atoms with Crippen LogP contribution in [-0.4, -0.2) is 35.9 Å². The van der Waals surface area contributed by atoms with Gasteiger partial charge in [-0.1, -0.05) is 13.0 Å². The largest absolute Gasteiger partial charge is 0.454 e. The van der Waals surface area contributed by atoms with Gasteiger partial charge in [-0.3, -0.25) is 4.90 Å². The van der Waals surface area contributed by atoms with Crippen molar-refractivity contribution < 1.29 is 14.6 Å². The minimum atomic E-state index is -0.458. The highest BCUT2D eigenvalue weighted by Gasteiger charge is 2.29. The molecule has 1 aromatic carbocycles. The van der Waals surface area contributed by atoms with Crippen molar-refractivity contribution in [1.82, 2.24) is 4.90 Å². The van der Waals surface area contributed by atoms with Gasteiger partial charge in [-0.2, -0.15) is 0 Å². The molecule has 1 N–H and O–H groups in total. The third-order valence-corrected chi connectivity index (χ3v) is 3.66. The summed E-state index contributed by atoms with van der Waals surface area (Å²) >= 11 is 0. The second-order valence-electron chi connectivity index (χ2n) is 4.95. The Morgan fingerprint density at radius 1 is 1.33 bits per heavy atom. The summed E-state index contributed by atoms with van der Waals surface area (Å²) in [5.41, 5.74) is 0.901. The van der Waals surface area contributed by atoms with Crippen molar-refractivity contribution in [2.75, 3.05) is 19.9 Å². The smallest absolute Gasteiger partial charge is 0.231 e. The minimum absolute atomic E-state index is 0.276. The maximum atomic E-state index is 10.3. The van der Waals surface area contributed by atoms with E-state index in [1.165, 1.54) is 12.8 Å². The summed E-state index contributed by atoms with van der Waals surface area (Å²) < 4.78 is 10.6. The lowest BCUT2D eigenvalue weighted by Crippen LogP contribution is -2.30. The Balaban J connectivity index is 1.69. The Bertz CT molecular complexity index is 431. The van der Waals surface area contributed by atoms with Crippen LogP contribution in [0.1, 0.15) is 31.4 Å². The number of hydrogen-bond donors (Lipinski definition) is 1. The molecule has 1 unspecified atom stereocenters. The van der Waals surface area contributed by atoms with Crippen LogP contribution in [0.3, 0.4) is 0 Å². The van der Waals surface area contributed by atoms with Gasteiger partial charge in [0.1, 0.15) is 0 Å². The van der Waals surface area contributed by atoms with Crippen LogP contribution in [0.5, 0.6) is 11.5 Å². The number of nitrogens with zero attached hydrogens (tertiary/aromatic N) is 1. The Morgan fingerprint density at radius 2 is 2.11 bits per heavy atom. The number of aliphatic hydroxyl groups excluding tert-OH is 1. The molecule has 1 heterocycles. The molecule has 0 aromatic heterocycles. The van der Waals surface area contributed by atoms with Crippen LogP contribution in [0.25, 0.3) is 0 Å². The van der Waals surface area contributed by atoms with Gasteiger partial charge in [0.2, 0.25) is 6.79 Å². The minimum Gasteiger partial charge on any atom is -0.454 e. The zero-order chi connectivity index (χ0) is 12.5. The normalized spacial score (nSPS) is 19.3. The summed E-state index contributed by atoms with van der Waals surface area (Å²) in [5.74, 6) is 1.50. The number of fused-ring (bicyclic) bond motifs is 1. The van der Waals surface area contributed by atoms with Gasteiger partial charge in [0, 0.05) is 12.6 Å². The summed E-state index contributed by atoms with van der Waals surface area (Å²) in [4.78, 5) is 2.34. The zero-order valence-electron chi connectivity index (χ0n) is 10.6. The molecule has 4 heteroatoms. The van der Waals surface area contributed by atoms with Crippen LogP contribution < -0.4 is 9.47 Å². The first kappa shape index (κ1) is 11.8. The average Bonchev–Trinajstić information content (AvgIpc) is 3.12. The lowest BCUT2D eigenvalue weighted by Gasteiger charge is -2.23. The fourth-order valence-electron chi connectivity index (χ4n) is 2.42. The van der Waals surface area contributed by atoms with Crippen molar-refractivity contribution in [3.63, 3.8) is 0 Å². The summed E-state index contributed by atoms with van der Waals surface area (Å²) in [6.45, 7) is 4.11. The summed E-state index contributed by atoms with van der Waals surface area (Å²) in [7, 11) is 0. The molecule has 0 saturated heterocycles. The van der Waals surface area contributed by atoms with Crippen molar-refractivity contribution in [2.24, 2.45) is 0 Å². The zero-order valence-corrected chi connectivity index (χ0v) is 10.6. The van der Waals surface area contributed by atoms with Crippen LogP contribution in [0.4, 0.5) is 0 Å². The SMILES string of the molecule is CCN(CC(O)c1ccc2c(c1)OCO2)C1CC1. The third-order valence-electron chi connectivity index (χ3n) is 3.66. The number of benzene rings is 1. The summed E-state index contributed by atoms with van der Waals surface area (Å²) in [6.07, 6.45) is 2.07. The molecule has 18 heavy (non-hydrogen) atoms. The van der Waals surface area contributed by atoms with E-state index in [0.29, 0.717) is 12.6 Å². The molecule has 1 aliphatic carbocycles. The van der Waals surface area contributed by atoms with Crippen molar-refractivity contribution >= 4 is 0 Å². The van der Waals surface area contributed by atoms with Crippen LogP contribution in [0.15, 0.2) is 18.2 Å². The van der Waals surface area contributed by atoms with Gasteiger partial charge in [-0.05, 0) is 37.1 Å². The summed E-state index contributed by atoms with van der Waals surface area (Å²) in [6, 6.07) is 6.35. The first-order chi connectivity index (χ1) is 8.78. The molecule has 2 aliphatic rings. The van der Waals surface area contributed by atoms with Crippen molar-refractivity contribution in [3.8, 4) is 11.5 Å². The molecule has 98 valence electrons. The first-order valence-electron chi connectivity index (χ1n) is 6.59. The number of aliphatic hydroxyl groups is 1. The van der Waals surface area contributed by atoms with Crippen LogP contribution >= 0.6 is 0 Å². The topological polar surface area (TPSA) is 41.9 Å².